The molecule has 1 N–H and O–H groups in total. The summed E-state index contributed by atoms with van der Waals surface area (Å²) in [7, 11) is 1.55. The fourth-order valence-corrected chi connectivity index (χ4v) is 3.51. The molecule has 32 heavy (non-hydrogen) atoms. The highest BCUT2D eigenvalue weighted by molar-refractivity contribution is 6.30. The number of aromatic nitrogens is 1. The number of anilines is 1. The summed E-state index contributed by atoms with van der Waals surface area (Å²) in [5, 5.41) is 3.90. The molecule has 0 aliphatic heterocycles. The van der Waals surface area contributed by atoms with Gasteiger partial charge in [-0.3, -0.25) is 9.59 Å². The number of benzene rings is 3. The molecule has 1 aromatic heterocycles. The van der Waals surface area contributed by atoms with E-state index in [1.54, 1.807) is 31.3 Å². The average Bonchev–Trinajstić information content (AvgIpc) is 2.78. The predicted octanol–water partition coefficient (Wildman–Crippen LogP) is 5.41. The van der Waals surface area contributed by atoms with Crippen molar-refractivity contribution < 1.29 is 14.0 Å². The summed E-state index contributed by atoms with van der Waals surface area (Å²) in [6.07, 6.45) is 0. The molecule has 4 rings (SSSR count). The van der Waals surface area contributed by atoms with Crippen molar-refractivity contribution in [2.45, 2.75) is 0 Å². The number of para-hydroxylation sites is 1. The minimum Gasteiger partial charge on any atom is -0.332 e. The van der Waals surface area contributed by atoms with Gasteiger partial charge in [-0.2, -0.15) is 0 Å². The van der Waals surface area contributed by atoms with Gasteiger partial charge in [-0.15, -0.1) is 0 Å². The first-order valence-electron chi connectivity index (χ1n) is 9.87. The summed E-state index contributed by atoms with van der Waals surface area (Å²) in [4.78, 5) is 31.7. The number of hydrogen-bond donors (Lipinski definition) is 1. The van der Waals surface area contributed by atoms with Gasteiger partial charge in [0.2, 0.25) is 5.91 Å². The molecule has 7 heteroatoms. The van der Waals surface area contributed by atoms with E-state index in [-0.39, 0.29) is 12.5 Å². The van der Waals surface area contributed by atoms with Crippen LogP contribution in [-0.2, 0) is 4.79 Å². The van der Waals surface area contributed by atoms with Crippen LogP contribution in [0.3, 0.4) is 0 Å². The molecule has 1 heterocycles. The van der Waals surface area contributed by atoms with Gasteiger partial charge in [-0.1, -0.05) is 48.0 Å². The van der Waals surface area contributed by atoms with Crippen molar-refractivity contribution in [2.75, 3.05) is 18.9 Å². The maximum Gasteiger partial charge on any atom is 0.254 e. The van der Waals surface area contributed by atoms with Crippen LogP contribution in [0.2, 0.25) is 5.02 Å². The Kier molecular flexibility index (Phi) is 6.14. The Morgan fingerprint density at radius 1 is 1.00 bits per heavy atom. The normalized spacial score (nSPS) is 10.7. The third-order valence-corrected chi connectivity index (χ3v) is 5.17. The molecule has 0 fully saturated rings. The molecule has 0 unspecified atom stereocenters. The Morgan fingerprint density at radius 3 is 2.50 bits per heavy atom. The first-order valence-corrected chi connectivity index (χ1v) is 10.2. The van der Waals surface area contributed by atoms with E-state index in [0.29, 0.717) is 32.9 Å². The smallest absolute Gasteiger partial charge is 0.254 e. The predicted molar refractivity (Wildman–Crippen MR) is 124 cm³/mol. The van der Waals surface area contributed by atoms with Crippen LogP contribution >= 0.6 is 11.6 Å². The van der Waals surface area contributed by atoms with Crippen LogP contribution in [0.1, 0.15) is 10.4 Å². The zero-order valence-electron chi connectivity index (χ0n) is 17.2. The Morgan fingerprint density at radius 2 is 1.75 bits per heavy atom. The molecule has 0 saturated heterocycles. The van der Waals surface area contributed by atoms with E-state index in [4.69, 9.17) is 11.6 Å². The minimum atomic E-state index is -0.454. The lowest BCUT2D eigenvalue weighted by atomic mass is 10.0. The van der Waals surface area contributed by atoms with Gasteiger partial charge in [-0.25, -0.2) is 9.37 Å². The van der Waals surface area contributed by atoms with E-state index in [0.717, 1.165) is 5.56 Å². The zero-order chi connectivity index (χ0) is 22.7. The Hall–Kier alpha value is -3.77. The molecular weight excluding hydrogens is 429 g/mol. The van der Waals surface area contributed by atoms with Crippen molar-refractivity contribution in [1.82, 2.24) is 9.88 Å². The van der Waals surface area contributed by atoms with Crippen LogP contribution in [0, 0.1) is 5.82 Å². The molecule has 3 aromatic carbocycles. The second-order valence-electron chi connectivity index (χ2n) is 7.30. The average molecular weight is 448 g/mol. The Labute approximate surface area is 189 Å². The van der Waals surface area contributed by atoms with Gasteiger partial charge in [0.05, 0.1) is 23.3 Å². The van der Waals surface area contributed by atoms with Crippen LogP contribution in [-0.4, -0.2) is 35.3 Å². The Bertz CT molecular complexity index is 1310. The second-order valence-corrected chi connectivity index (χ2v) is 7.74. The van der Waals surface area contributed by atoms with E-state index in [1.165, 1.54) is 23.1 Å². The molecular formula is C25H19ClFN3O2. The summed E-state index contributed by atoms with van der Waals surface area (Å²) in [6, 6.07) is 21.8. The molecule has 160 valence electrons. The SMILES string of the molecule is CN(CC(=O)Nc1cccc(F)c1)C(=O)c1cc(-c2ccc(Cl)cc2)nc2ccccc12. The zero-order valence-corrected chi connectivity index (χ0v) is 17.9. The number of carbonyl (C=O) groups excluding carboxylic acids is 2. The third kappa shape index (κ3) is 4.76. The second kappa shape index (κ2) is 9.16. The molecule has 4 aromatic rings. The molecule has 5 nitrogen and oxygen atoms in total. The maximum absolute atomic E-state index is 13.3. The number of amides is 2. The lowest BCUT2D eigenvalue weighted by Gasteiger charge is -2.18. The molecule has 0 saturated carbocycles. The lowest BCUT2D eigenvalue weighted by Crippen LogP contribution is -2.35. The molecule has 0 aliphatic carbocycles. The van der Waals surface area contributed by atoms with E-state index in [1.807, 2.05) is 36.4 Å². The number of pyridine rings is 1. The fraction of sp³-hybridized carbons (Fsp3) is 0.0800. The Balaban J connectivity index is 1.61. The van der Waals surface area contributed by atoms with Gasteiger partial charge < -0.3 is 10.2 Å². The van der Waals surface area contributed by atoms with E-state index in [9.17, 15) is 14.0 Å². The van der Waals surface area contributed by atoms with Crippen molar-refractivity contribution in [2.24, 2.45) is 0 Å². The number of fused-ring (bicyclic) bond motifs is 1. The first-order chi connectivity index (χ1) is 15.4. The fourth-order valence-electron chi connectivity index (χ4n) is 3.38. The number of hydrogen-bond acceptors (Lipinski definition) is 3. The summed E-state index contributed by atoms with van der Waals surface area (Å²) < 4.78 is 13.3. The summed E-state index contributed by atoms with van der Waals surface area (Å²) in [5.74, 6) is -1.21. The van der Waals surface area contributed by atoms with Crippen molar-refractivity contribution >= 4 is 40.0 Å². The van der Waals surface area contributed by atoms with Crippen molar-refractivity contribution in [3.05, 3.63) is 95.3 Å². The topological polar surface area (TPSA) is 62.3 Å². The lowest BCUT2D eigenvalue weighted by molar-refractivity contribution is -0.116. The van der Waals surface area contributed by atoms with E-state index < -0.39 is 11.7 Å². The molecule has 0 atom stereocenters. The minimum absolute atomic E-state index is 0.192. The van der Waals surface area contributed by atoms with Crippen LogP contribution in [0.15, 0.2) is 78.9 Å². The highest BCUT2D eigenvalue weighted by Crippen LogP contribution is 2.26. The number of nitrogens with zero attached hydrogens (tertiary/aromatic N) is 2. The molecule has 0 radical (unpaired) electrons. The van der Waals surface area contributed by atoms with Gasteiger partial charge in [0.15, 0.2) is 0 Å². The molecule has 2 amide bonds. The quantitative estimate of drug-likeness (QED) is 0.445. The number of carbonyl (C=O) groups is 2. The van der Waals surface area contributed by atoms with Crippen molar-refractivity contribution in [3.8, 4) is 11.3 Å². The molecule has 0 bridgehead atoms. The highest BCUT2D eigenvalue weighted by atomic mass is 35.5. The monoisotopic (exact) mass is 447 g/mol. The van der Waals surface area contributed by atoms with Gasteiger partial charge in [0.1, 0.15) is 5.82 Å². The summed E-state index contributed by atoms with van der Waals surface area (Å²) in [5.41, 5.74) is 2.87. The number of nitrogens with one attached hydrogen (secondary N) is 1. The summed E-state index contributed by atoms with van der Waals surface area (Å²) in [6.45, 7) is -0.192. The number of rotatable bonds is 5. The van der Waals surface area contributed by atoms with Gasteiger partial charge in [0.25, 0.3) is 5.91 Å². The third-order valence-electron chi connectivity index (χ3n) is 4.92. The highest BCUT2D eigenvalue weighted by Gasteiger charge is 2.19. The van der Waals surface area contributed by atoms with Crippen molar-refractivity contribution in [3.63, 3.8) is 0 Å². The van der Waals surface area contributed by atoms with Gasteiger partial charge in [0, 0.05) is 28.7 Å². The first kappa shape index (κ1) is 21.5. The standard InChI is InChI=1S/C25H19ClFN3O2/c1-30(15-24(31)28-19-6-4-5-18(27)13-19)25(32)21-14-23(16-9-11-17(26)12-10-16)29-22-8-3-2-7-20(21)22/h2-14H,15H2,1H3,(H,28,31). The largest absolute Gasteiger partial charge is 0.332 e. The van der Waals surface area contributed by atoms with Crippen LogP contribution in [0.25, 0.3) is 22.2 Å². The van der Waals surface area contributed by atoms with E-state index in [2.05, 4.69) is 10.3 Å². The van der Waals surface area contributed by atoms with Gasteiger partial charge >= 0.3 is 0 Å². The van der Waals surface area contributed by atoms with Crippen LogP contribution in [0.5, 0.6) is 0 Å². The maximum atomic E-state index is 13.3. The van der Waals surface area contributed by atoms with E-state index >= 15 is 0 Å². The van der Waals surface area contributed by atoms with Crippen molar-refractivity contribution in [1.29, 1.82) is 0 Å². The number of likely N-dealkylation sites (N-methyl/N-ethyl adjacent to an activating group) is 1. The molecule has 0 aliphatic rings. The van der Waals surface area contributed by atoms with Crippen LogP contribution < -0.4 is 5.32 Å². The molecule has 0 spiro atoms. The van der Waals surface area contributed by atoms with Gasteiger partial charge in [-0.05, 0) is 42.5 Å². The summed E-state index contributed by atoms with van der Waals surface area (Å²) >= 11 is 5.99. The van der Waals surface area contributed by atoms with Crippen LogP contribution in [0.4, 0.5) is 10.1 Å². The number of halogens is 2.